The van der Waals surface area contributed by atoms with Crippen LogP contribution in [0.5, 0.6) is 5.88 Å². The lowest BCUT2D eigenvalue weighted by Crippen LogP contribution is -2.05. The minimum Gasteiger partial charge on any atom is -0.475 e. The van der Waals surface area contributed by atoms with Crippen molar-refractivity contribution in [3.05, 3.63) is 60.6 Å². The number of aromatic nitrogens is 4. The van der Waals surface area contributed by atoms with E-state index in [1.54, 1.807) is 16.9 Å². The SMILES string of the molecule is FC(F)(F)c1cccc(-c2nn3c(c2-c2ccc4nccn4c2)OCC3)c1. The van der Waals surface area contributed by atoms with Crippen LogP contribution >= 0.6 is 0 Å². The van der Waals surface area contributed by atoms with E-state index >= 15 is 0 Å². The molecule has 0 aliphatic carbocycles. The second kappa shape index (κ2) is 5.60. The summed E-state index contributed by atoms with van der Waals surface area (Å²) in [6, 6.07) is 8.93. The summed E-state index contributed by atoms with van der Waals surface area (Å²) >= 11 is 0. The van der Waals surface area contributed by atoms with Gasteiger partial charge >= 0.3 is 6.18 Å². The third-order valence-corrected chi connectivity index (χ3v) is 4.59. The Morgan fingerprint density at radius 3 is 2.81 bits per heavy atom. The van der Waals surface area contributed by atoms with E-state index in [4.69, 9.17) is 4.74 Å². The molecule has 136 valence electrons. The predicted octanol–water partition coefficient (Wildman–Crippen LogP) is 4.28. The van der Waals surface area contributed by atoms with Crippen LogP contribution in [-0.4, -0.2) is 25.8 Å². The molecule has 0 radical (unpaired) electrons. The van der Waals surface area contributed by atoms with Crippen molar-refractivity contribution >= 4 is 5.65 Å². The van der Waals surface area contributed by atoms with E-state index in [0.29, 0.717) is 35.9 Å². The van der Waals surface area contributed by atoms with Gasteiger partial charge in [0.15, 0.2) is 0 Å². The lowest BCUT2D eigenvalue weighted by Gasteiger charge is -2.10. The standard InChI is InChI=1S/C19H13F3N4O/c20-19(21,22)14-3-1-2-12(10-14)17-16(18-26(24-17)8-9-27-18)13-4-5-15-23-6-7-25(15)11-13/h1-7,10-11H,8-9H2. The van der Waals surface area contributed by atoms with Gasteiger partial charge in [0.25, 0.3) is 0 Å². The zero-order valence-electron chi connectivity index (χ0n) is 13.9. The van der Waals surface area contributed by atoms with E-state index in [1.807, 2.05) is 28.9 Å². The van der Waals surface area contributed by atoms with Gasteiger partial charge in [0.2, 0.25) is 5.88 Å². The van der Waals surface area contributed by atoms with Gasteiger partial charge in [0.05, 0.1) is 17.7 Å². The average molecular weight is 370 g/mol. The van der Waals surface area contributed by atoms with Crippen molar-refractivity contribution in [2.24, 2.45) is 0 Å². The zero-order chi connectivity index (χ0) is 18.6. The maximum absolute atomic E-state index is 13.1. The molecule has 0 saturated carbocycles. The average Bonchev–Trinajstić information content (AvgIpc) is 3.35. The van der Waals surface area contributed by atoms with Crippen LogP contribution in [0.3, 0.4) is 0 Å². The number of benzene rings is 1. The Hall–Kier alpha value is -3.29. The number of rotatable bonds is 2. The summed E-state index contributed by atoms with van der Waals surface area (Å²) in [5.41, 5.74) is 2.43. The molecule has 5 nitrogen and oxygen atoms in total. The first-order valence-electron chi connectivity index (χ1n) is 8.35. The van der Waals surface area contributed by atoms with Crippen LogP contribution in [0.1, 0.15) is 5.56 Å². The molecule has 0 saturated heterocycles. The van der Waals surface area contributed by atoms with E-state index in [1.165, 1.54) is 6.07 Å². The highest BCUT2D eigenvalue weighted by Gasteiger charge is 2.32. The van der Waals surface area contributed by atoms with Crippen molar-refractivity contribution in [2.75, 3.05) is 6.61 Å². The van der Waals surface area contributed by atoms with Crippen molar-refractivity contribution in [1.29, 1.82) is 0 Å². The van der Waals surface area contributed by atoms with E-state index in [0.717, 1.165) is 23.3 Å². The predicted molar refractivity (Wildman–Crippen MR) is 92.3 cm³/mol. The Morgan fingerprint density at radius 1 is 1.07 bits per heavy atom. The Balaban J connectivity index is 1.72. The van der Waals surface area contributed by atoms with Crippen LogP contribution in [0.15, 0.2) is 55.0 Å². The lowest BCUT2D eigenvalue weighted by atomic mass is 10.0. The summed E-state index contributed by atoms with van der Waals surface area (Å²) in [5.74, 6) is 0.571. The number of halogens is 3. The zero-order valence-corrected chi connectivity index (χ0v) is 13.9. The quantitative estimate of drug-likeness (QED) is 0.529. The monoisotopic (exact) mass is 370 g/mol. The fourth-order valence-electron chi connectivity index (χ4n) is 3.35. The number of hydrogen-bond acceptors (Lipinski definition) is 3. The minimum absolute atomic E-state index is 0.399. The van der Waals surface area contributed by atoms with Gasteiger partial charge in [-0.25, -0.2) is 9.67 Å². The van der Waals surface area contributed by atoms with Gasteiger partial charge < -0.3 is 9.14 Å². The van der Waals surface area contributed by atoms with E-state index in [9.17, 15) is 13.2 Å². The van der Waals surface area contributed by atoms with Crippen LogP contribution in [0.25, 0.3) is 28.0 Å². The number of nitrogens with zero attached hydrogens (tertiary/aromatic N) is 4. The highest BCUT2D eigenvalue weighted by Crippen LogP contribution is 2.42. The van der Waals surface area contributed by atoms with Gasteiger partial charge in [0.1, 0.15) is 17.9 Å². The van der Waals surface area contributed by atoms with E-state index in [2.05, 4.69) is 10.1 Å². The molecule has 3 aromatic heterocycles. The fraction of sp³-hybridized carbons (Fsp3) is 0.158. The van der Waals surface area contributed by atoms with Gasteiger partial charge in [-0.1, -0.05) is 12.1 Å². The molecule has 0 N–H and O–H groups in total. The molecule has 4 heterocycles. The number of ether oxygens (including phenoxy) is 1. The number of hydrogen-bond donors (Lipinski definition) is 0. The summed E-state index contributed by atoms with van der Waals surface area (Å²) in [4.78, 5) is 4.22. The highest BCUT2D eigenvalue weighted by atomic mass is 19.4. The van der Waals surface area contributed by atoms with Gasteiger partial charge in [-0.3, -0.25) is 0 Å². The summed E-state index contributed by atoms with van der Waals surface area (Å²) in [6.07, 6.45) is 0.961. The second-order valence-electron chi connectivity index (χ2n) is 6.29. The molecule has 0 atom stereocenters. The number of alkyl halides is 3. The Morgan fingerprint density at radius 2 is 1.96 bits per heavy atom. The summed E-state index contributed by atoms with van der Waals surface area (Å²) < 4.78 is 48.7. The third-order valence-electron chi connectivity index (χ3n) is 4.59. The Kier molecular flexibility index (Phi) is 3.30. The molecular formula is C19H13F3N4O. The molecular weight excluding hydrogens is 357 g/mol. The van der Waals surface area contributed by atoms with Crippen LogP contribution in [0.4, 0.5) is 13.2 Å². The molecule has 1 aromatic carbocycles. The van der Waals surface area contributed by atoms with Gasteiger partial charge in [-0.15, -0.1) is 0 Å². The smallest absolute Gasteiger partial charge is 0.416 e. The first-order chi connectivity index (χ1) is 13.0. The van der Waals surface area contributed by atoms with Crippen molar-refractivity contribution in [3.63, 3.8) is 0 Å². The number of fused-ring (bicyclic) bond motifs is 2. The molecule has 0 spiro atoms. The Labute approximate surface area is 151 Å². The van der Waals surface area contributed by atoms with E-state index < -0.39 is 11.7 Å². The number of imidazole rings is 1. The van der Waals surface area contributed by atoms with Gasteiger partial charge in [-0.05, 0) is 24.3 Å². The van der Waals surface area contributed by atoms with Crippen molar-refractivity contribution in [3.8, 4) is 28.3 Å². The van der Waals surface area contributed by atoms with Crippen LogP contribution in [0, 0.1) is 0 Å². The molecule has 8 heteroatoms. The molecule has 0 unspecified atom stereocenters. The summed E-state index contributed by atoms with van der Waals surface area (Å²) in [5, 5.41) is 4.53. The summed E-state index contributed by atoms with van der Waals surface area (Å²) in [7, 11) is 0. The largest absolute Gasteiger partial charge is 0.475 e. The van der Waals surface area contributed by atoms with Crippen LogP contribution in [0.2, 0.25) is 0 Å². The second-order valence-corrected chi connectivity index (χ2v) is 6.29. The normalized spacial score (nSPS) is 13.7. The van der Waals surface area contributed by atoms with Crippen LogP contribution in [-0.2, 0) is 12.7 Å². The maximum Gasteiger partial charge on any atom is 0.416 e. The van der Waals surface area contributed by atoms with Gasteiger partial charge in [-0.2, -0.15) is 18.3 Å². The first kappa shape index (κ1) is 15.9. The van der Waals surface area contributed by atoms with Crippen molar-refractivity contribution < 1.29 is 17.9 Å². The molecule has 0 bridgehead atoms. The first-order valence-corrected chi connectivity index (χ1v) is 8.35. The molecule has 1 aliphatic rings. The molecule has 4 aromatic rings. The van der Waals surface area contributed by atoms with Crippen LogP contribution < -0.4 is 4.74 Å². The number of pyridine rings is 1. The lowest BCUT2D eigenvalue weighted by molar-refractivity contribution is -0.137. The van der Waals surface area contributed by atoms with Crippen molar-refractivity contribution in [1.82, 2.24) is 19.2 Å². The molecule has 1 aliphatic heterocycles. The minimum atomic E-state index is -4.41. The third kappa shape index (κ3) is 2.56. The molecule has 27 heavy (non-hydrogen) atoms. The van der Waals surface area contributed by atoms with E-state index in [-0.39, 0.29) is 0 Å². The molecule has 5 rings (SSSR count). The Bertz CT molecular complexity index is 1160. The topological polar surface area (TPSA) is 44.4 Å². The maximum atomic E-state index is 13.1. The highest BCUT2D eigenvalue weighted by molar-refractivity contribution is 5.85. The summed E-state index contributed by atoms with van der Waals surface area (Å²) in [6.45, 7) is 1.06. The fourth-order valence-corrected chi connectivity index (χ4v) is 3.35. The molecule has 0 amide bonds. The van der Waals surface area contributed by atoms with Crippen molar-refractivity contribution in [2.45, 2.75) is 12.7 Å². The van der Waals surface area contributed by atoms with Gasteiger partial charge in [0, 0.05) is 29.7 Å². The molecule has 0 fully saturated rings.